The molecule has 182 valence electrons. The van der Waals surface area contributed by atoms with Crippen molar-refractivity contribution in [2.45, 2.75) is 38.3 Å². The molecule has 3 amide bonds. The number of fused-ring (bicyclic) bond motifs is 4. The van der Waals surface area contributed by atoms with Gasteiger partial charge in [-0.05, 0) is 48.9 Å². The summed E-state index contributed by atoms with van der Waals surface area (Å²) >= 11 is 0. The number of likely N-dealkylation sites (tertiary alicyclic amines) is 1. The second-order valence-electron chi connectivity index (χ2n) is 10.2. The Morgan fingerprint density at radius 2 is 1.50 bits per heavy atom. The fourth-order valence-electron chi connectivity index (χ4n) is 6.33. The molecular weight excluding hydrogens is 450 g/mol. The average Bonchev–Trinajstić information content (AvgIpc) is 3.46. The van der Waals surface area contributed by atoms with Gasteiger partial charge in [-0.3, -0.25) is 24.6 Å². The van der Waals surface area contributed by atoms with Gasteiger partial charge in [0.05, 0.1) is 11.8 Å². The Morgan fingerprint density at radius 1 is 0.833 bits per heavy atom. The molecular formula is C30H29N3O3. The van der Waals surface area contributed by atoms with Crippen LogP contribution in [0, 0.1) is 25.7 Å². The van der Waals surface area contributed by atoms with Crippen LogP contribution in [0.3, 0.4) is 0 Å². The molecule has 0 unspecified atom stereocenters. The molecule has 6 heteroatoms. The maximum absolute atomic E-state index is 14.0. The number of hydrogen-bond acceptors (Lipinski definition) is 4. The number of rotatable bonds is 5. The number of nitrogens with zero attached hydrogens (tertiary/aromatic N) is 1. The van der Waals surface area contributed by atoms with Gasteiger partial charge in [-0.1, -0.05) is 72.8 Å². The normalized spacial score (nSPS) is 26.4. The van der Waals surface area contributed by atoms with E-state index in [-0.39, 0.29) is 23.8 Å². The second kappa shape index (κ2) is 8.42. The van der Waals surface area contributed by atoms with Gasteiger partial charge in [0.15, 0.2) is 0 Å². The molecule has 3 heterocycles. The Kier molecular flexibility index (Phi) is 5.30. The summed E-state index contributed by atoms with van der Waals surface area (Å²) in [5, 5.41) is 6.61. The molecule has 0 aromatic heterocycles. The largest absolute Gasteiger partial charge is 0.324 e. The van der Waals surface area contributed by atoms with E-state index in [0.29, 0.717) is 19.4 Å². The maximum Gasteiger partial charge on any atom is 0.250 e. The van der Waals surface area contributed by atoms with Crippen molar-refractivity contribution in [1.82, 2.24) is 10.2 Å². The molecule has 0 saturated carbocycles. The second-order valence-corrected chi connectivity index (χ2v) is 10.2. The summed E-state index contributed by atoms with van der Waals surface area (Å²) in [6.07, 6.45) is 1.14. The van der Waals surface area contributed by atoms with E-state index in [2.05, 4.69) is 10.6 Å². The SMILES string of the molecule is Cc1ccc2c(c1C)NC(=O)[C@@]21N[C@H](Cc2ccccc2)[C@H]2C(=O)N(CCc3ccccc3)C(=O)[C@@H]21. The van der Waals surface area contributed by atoms with Crippen LogP contribution in [0.1, 0.15) is 27.8 Å². The molecule has 6 rings (SSSR count). The first-order chi connectivity index (χ1) is 17.4. The number of nitrogens with one attached hydrogen (secondary N) is 2. The van der Waals surface area contributed by atoms with Gasteiger partial charge in [0, 0.05) is 23.8 Å². The minimum atomic E-state index is -1.26. The van der Waals surface area contributed by atoms with Gasteiger partial charge in [-0.25, -0.2) is 0 Å². The van der Waals surface area contributed by atoms with Crippen molar-refractivity contribution in [3.63, 3.8) is 0 Å². The fraction of sp³-hybridized carbons (Fsp3) is 0.300. The summed E-state index contributed by atoms with van der Waals surface area (Å²) in [7, 11) is 0. The molecule has 1 spiro atoms. The first-order valence-corrected chi connectivity index (χ1v) is 12.5. The highest BCUT2D eigenvalue weighted by atomic mass is 16.2. The van der Waals surface area contributed by atoms with Crippen molar-refractivity contribution in [3.8, 4) is 0 Å². The van der Waals surface area contributed by atoms with Crippen LogP contribution in [-0.4, -0.2) is 35.2 Å². The van der Waals surface area contributed by atoms with Gasteiger partial charge in [-0.15, -0.1) is 0 Å². The summed E-state index contributed by atoms with van der Waals surface area (Å²) in [5.74, 6) is -2.08. The van der Waals surface area contributed by atoms with Crippen LogP contribution < -0.4 is 10.6 Å². The number of benzene rings is 3. The van der Waals surface area contributed by atoms with E-state index < -0.39 is 17.4 Å². The Labute approximate surface area is 210 Å². The first-order valence-electron chi connectivity index (χ1n) is 12.5. The third kappa shape index (κ3) is 3.24. The molecule has 0 radical (unpaired) electrons. The molecule has 2 N–H and O–H groups in total. The lowest BCUT2D eigenvalue weighted by Crippen LogP contribution is -2.53. The monoisotopic (exact) mass is 479 g/mol. The lowest BCUT2D eigenvalue weighted by atomic mass is 9.75. The van der Waals surface area contributed by atoms with Gasteiger partial charge < -0.3 is 5.32 Å². The van der Waals surface area contributed by atoms with Crippen molar-refractivity contribution in [2.75, 3.05) is 11.9 Å². The van der Waals surface area contributed by atoms with E-state index in [9.17, 15) is 14.4 Å². The quantitative estimate of drug-likeness (QED) is 0.549. The Morgan fingerprint density at radius 3 is 2.19 bits per heavy atom. The number of carbonyl (C=O) groups excluding carboxylic acids is 3. The van der Waals surface area contributed by atoms with Crippen molar-refractivity contribution >= 4 is 23.4 Å². The predicted molar refractivity (Wildman–Crippen MR) is 137 cm³/mol. The molecule has 0 bridgehead atoms. The molecule has 3 aliphatic heterocycles. The van der Waals surface area contributed by atoms with Gasteiger partial charge in [-0.2, -0.15) is 0 Å². The van der Waals surface area contributed by atoms with Gasteiger partial charge in [0.1, 0.15) is 5.54 Å². The highest BCUT2D eigenvalue weighted by Gasteiger charge is 2.70. The molecule has 2 fully saturated rings. The van der Waals surface area contributed by atoms with E-state index in [1.807, 2.05) is 86.6 Å². The topological polar surface area (TPSA) is 78.5 Å². The number of anilines is 1. The van der Waals surface area contributed by atoms with Crippen molar-refractivity contribution in [1.29, 1.82) is 0 Å². The van der Waals surface area contributed by atoms with Crippen LogP contribution in [0.5, 0.6) is 0 Å². The van der Waals surface area contributed by atoms with E-state index in [1.54, 1.807) is 0 Å². The summed E-state index contributed by atoms with van der Waals surface area (Å²) in [6.45, 7) is 4.30. The standard InChI is InChI=1S/C30H29N3O3/c1-18-13-14-22-26(19(18)2)31-29(36)30(22)25-24(23(32-30)17-21-11-7-4-8-12-21)27(34)33(28(25)35)16-15-20-9-5-3-6-10-20/h3-14,23-25,32H,15-17H2,1-2H3,(H,31,36)/t23-,24-,25-,30-/m1/s1. The maximum atomic E-state index is 14.0. The van der Waals surface area contributed by atoms with Gasteiger partial charge in [0.2, 0.25) is 17.7 Å². The molecule has 3 aliphatic rings. The smallest absolute Gasteiger partial charge is 0.250 e. The third-order valence-corrected chi connectivity index (χ3v) is 8.28. The van der Waals surface area contributed by atoms with Crippen LogP contribution in [-0.2, 0) is 32.8 Å². The summed E-state index contributed by atoms with van der Waals surface area (Å²) in [4.78, 5) is 42.9. The van der Waals surface area contributed by atoms with Crippen molar-refractivity contribution in [3.05, 3.63) is 101 Å². The average molecular weight is 480 g/mol. The lowest BCUT2D eigenvalue weighted by Gasteiger charge is -2.29. The minimum absolute atomic E-state index is 0.184. The number of carbonyl (C=O) groups is 3. The Balaban J connectivity index is 1.42. The minimum Gasteiger partial charge on any atom is -0.324 e. The highest BCUT2D eigenvalue weighted by molar-refractivity contribution is 6.15. The van der Waals surface area contributed by atoms with E-state index in [4.69, 9.17) is 0 Å². The van der Waals surface area contributed by atoms with Crippen LogP contribution in [0.2, 0.25) is 0 Å². The fourth-order valence-corrected chi connectivity index (χ4v) is 6.33. The molecule has 0 aliphatic carbocycles. The third-order valence-electron chi connectivity index (χ3n) is 8.28. The van der Waals surface area contributed by atoms with Gasteiger partial charge >= 0.3 is 0 Å². The lowest BCUT2D eigenvalue weighted by molar-refractivity contribution is -0.142. The van der Waals surface area contributed by atoms with Crippen LogP contribution in [0.4, 0.5) is 5.69 Å². The molecule has 36 heavy (non-hydrogen) atoms. The zero-order valence-electron chi connectivity index (χ0n) is 20.5. The van der Waals surface area contributed by atoms with E-state index in [1.165, 1.54) is 4.90 Å². The van der Waals surface area contributed by atoms with Crippen LogP contribution in [0.25, 0.3) is 0 Å². The number of amides is 3. The summed E-state index contributed by atoms with van der Waals surface area (Å²) < 4.78 is 0. The zero-order chi connectivity index (χ0) is 25.0. The molecule has 2 saturated heterocycles. The Bertz CT molecular complexity index is 1370. The molecule has 3 aromatic rings. The highest BCUT2D eigenvalue weighted by Crippen LogP contribution is 2.54. The van der Waals surface area contributed by atoms with Crippen LogP contribution in [0.15, 0.2) is 72.8 Å². The summed E-state index contributed by atoms with van der Waals surface area (Å²) in [5.41, 5.74) is 4.46. The molecule has 6 nitrogen and oxygen atoms in total. The van der Waals surface area contributed by atoms with Crippen LogP contribution >= 0.6 is 0 Å². The van der Waals surface area contributed by atoms with E-state index >= 15 is 0 Å². The predicted octanol–water partition coefficient (Wildman–Crippen LogP) is 3.51. The first kappa shape index (κ1) is 22.7. The van der Waals surface area contributed by atoms with E-state index in [0.717, 1.165) is 33.5 Å². The van der Waals surface area contributed by atoms with Gasteiger partial charge in [0.25, 0.3) is 0 Å². The number of aryl methyl sites for hydroxylation is 1. The Hall–Kier alpha value is -3.77. The number of hydrogen-bond donors (Lipinski definition) is 2. The number of imide groups is 1. The summed E-state index contributed by atoms with van der Waals surface area (Å²) in [6, 6.07) is 23.4. The molecule has 4 atom stereocenters. The van der Waals surface area contributed by atoms with Crippen molar-refractivity contribution in [2.24, 2.45) is 11.8 Å². The molecule has 3 aromatic carbocycles. The zero-order valence-corrected chi connectivity index (χ0v) is 20.5. The van der Waals surface area contributed by atoms with Crippen molar-refractivity contribution < 1.29 is 14.4 Å².